The summed E-state index contributed by atoms with van der Waals surface area (Å²) in [6.45, 7) is 15.9. The van der Waals surface area contributed by atoms with Gasteiger partial charge in [0.25, 0.3) is 0 Å². The standard InChI is InChI=1S/C14H28INO2/c1-12(2,3)10-14(7,13(4,5)6)18-9-8-11(17)16-15/h8-10H2,1-7H3,(H,16,17). The first-order valence-electron chi connectivity index (χ1n) is 6.45. The Kier molecular flexibility index (Phi) is 6.61. The van der Waals surface area contributed by atoms with Crippen LogP contribution in [0.3, 0.4) is 0 Å². The Labute approximate surface area is 126 Å². The first kappa shape index (κ1) is 18.2. The number of hydrogen-bond donors (Lipinski definition) is 1. The molecule has 1 unspecified atom stereocenters. The fraction of sp³-hybridized carbons (Fsp3) is 0.929. The van der Waals surface area contributed by atoms with Crippen molar-refractivity contribution in [1.82, 2.24) is 3.53 Å². The molecule has 0 bridgehead atoms. The molecule has 1 atom stereocenters. The number of ether oxygens (including phenoxy) is 1. The van der Waals surface area contributed by atoms with Crippen molar-refractivity contribution < 1.29 is 9.53 Å². The van der Waals surface area contributed by atoms with E-state index in [9.17, 15) is 4.79 Å². The Morgan fingerprint density at radius 1 is 1.11 bits per heavy atom. The molecule has 0 aromatic rings. The highest BCUT2D eigenvalue weighted by Crippen LogP contribution is 2.42. The predicted octanol–water partition coefficient (Wildman–Crippen LogP) is 4.10. The molecule has 0 spiro atoms. The number of halogens is 1. The van der Waals surface area contributed by atoms with E-state index in [1.807, 2.05) is 22.9 Å². The smallest absolute Gasteiger partial charge is 0.230 e. The molecule has 3 nitrogen and oxygen atoms in total. The molecule has 0 aliphatic rings. The topological polar surface area (TPSA) is 38.3 Å². The van der Waals surface area contributed by atoms with Gasteiger partial charge in [-0.3, -0.25) is 8.32 Å². The number of hydrogen-bond acceptors (Lipinski definition) is 2. The van der Waals surface area contributed by atoms with E-state index < -0.39 is 0 Å². The summed E-state index contributed by atoms with van der Waals surface area (Å²) in [4.78, 5) is 11.2. The van der Waals surface area contributed by atoms with Crippen molar-refractivity contribution in [3.8, 4) is 0 Å². The Balaban J connectivity index is 4.65. The second-order valence-electron chi connectivity index (χ2n) is 7.33. The first-order chi connectivity index (χ1) is 7.91. The normalized spacial score (nSPS) is 16.2. The molecule has 4 heteroatoms. The highest BCUT2D eigenvalue weighted by atomic mass is 127. The van der Waals surface area contributed by atoms with Crippen molar-refractivity contribution in [3.05, 3.63) is 0 Å². The second kappa shape index (κ2) is 6.55. The van der Waals surface area contributed by atoms with Gasteiger partial charge in [0.1, 0.15) is 0 Å². The van der Waals surface area contributed by atoms with Gasteiger partial charge in [-0.1, -0.05) is 41.5 Å². The maximum absolute atomic E-state index is 11.2. The SMILES string of the molecule is CC(C)(C)CC(C)(OCCC(=O)NI)C(C)(C)C. The quantitative estimate of drug-likeness (QED) is 0.585. The van der Waals surface area contributed by atoms with E-state index in [-0.39, 0.29) is 22.3 Å². The lowest BCUT2D eigenvalue weighted by Crippen LogP contribution is -2.46. The fourth-order valence-electron chi connectivity index (χ4n) is 1.96. The summed E-state index contributed by atoms with van der Waals surface area (Å²) in [6, 6.07) is 0. The van der Waals surface area contributed by atoms with Gasteiger partial charge in [0, 0.05) is 0 Å². The van der Waals surface area contributed by atoms with Crippen molar-refractivity contribution in [1.29, 1.82) is 0 Å². The molecule has 0 saturated heterocycles. The van der Waals surface area contributed by atoms with Crippen molar-refractivity contribution in [2.45, 2.75) is 66.9 Å². The molecule has 18 heavy (non-hydrogen) atoms. The van der Waals surface area contributed by atoms with Crippen LogP contribution in [0.15, 0.2) is 0 Å². The van der Waals surface area contributed by atoms with Gasteiger partial charge in [-0.2, -0.15) is 0 Å². The number of rotatable bonds is 5. The molecular weight excluding hydrogens is 341 g/mol. The van der Waals surface area contributed by atoms with Crippen molar-refractivity contribution in [2.75, 3.05) is 6.61 Å². The van der Waals surface area contributed by atoms with Gasteiger partial charge in [-0.05, 0) is 24.2 Å². The lowest BCUT2D eigenvalue weighted by Gasteiger charge is -2.45. The van der Waals surface area contributed by atoms with Crippen LogP contribution in [-0.2, 0) is 9.53 Å². The number of carbonyl (C=O) groups excluding carboxylic acids is 1. The van der Waals surface area contributed by atoms with E-state index >= 15 is 0 Å². The summed E-state index contributed by atoms with van der Waals surface area (Å²) >= 11 is 1.86. The zero-order chi connectivity index (χ0) is 14.6. The molecule has 108 valence electrons. The maximum Gasteiger partial charge on any atom is 0.230 e. The van der Waals surface area contributed by atoms with Gasteiger partial charge in [-0.15, -0.1) is 0 Å². The Morgan fingerprint density at radius 2 is 1.61 bits per heavy atom. The molecule has 0 aliphatic heterocycles. The molecule has 0 aromatic heterocycles. The first-order valence-corrected chi connectivity index (χ1v) is 7.53. The van der Waals surface area contributed by atoms with E-state index in [1.165, 1.54) is 0 Å². The van der Waals surface area contributed by atoms with Crippen LogP contribution >= 0.6 is 22.9 Å². The zero-order valence-corrected chi connectivity index (χ0v) is 15.0. The molecule has 0 radical (unpaired) electrons. The van der Waals surface area contributed by atoms with Crippen LogP contribution in [0.5, 0.6) is 0 Å². The summed E-state index contributed by atoms with van der Waals surface area (Å²) in [5.41, 5.74) is 0.0193. The highest BCUT2D eigenvalue weighted by Gasteiger charge is 2.41. The largest absolute Gasteiger partial charge is 0.374 e. The molecule has 0 aliphatic carbocycles. The maximum atomic E-state index is 11.2. The van der Waals surface area contributed by atoms with Crippen LogP contribution in [0.2, 0.25) is 0 Å². The summed E-state index contributed by atoms with van der Waals surface area (Å²) in [6.07, 6.45) is 1.38. The number of carbonyl (C=O) groups is 1. The summed E-state index contributed by atoms with van der Waals surface area (Å²) in [5.74, 6) is 0.0163. The minimum Gasteiger partial charge on any atom is -0.374 e. The van der Waals surface area contributed by atoms with E-state index in [1.54, 1.807) is 0 Å². The Bertz CT molecular complexity index is 278. The molecule has 0 rings (SSSR count). The fourth-order valence-corrected chi connectivity index (χ4v) is 2.23. The Hall–Kier alpha value is 0.160. The molecule has 0 saturated carbocycles. The molecule has 0 fully saturated rings. The number of nitrogens with one attached hydrogen (secondary N) is 1. The summed E-state index contributed by atoms with van der Waals surface area (Å²) < 4.78 is 8.67. The molecule has 0 aromatic carbocycles. The van der Waals surface area contributed by atoms with Crippen LogP contribution < -0.4 is 3.53 Å². The van der Waals surface area contributed by atoms with Crippen LogP contribution in [-0.4, -0.2) is 18.1 Å². The van der Waals surface area contributed by atoms with Crippen molar-refractivity contribution in [3.63, 3.8) is 0 Å². The third-order valence-electron chi connectivity index (χ3n) is 3.31. The molecule has 1 amide bonds. The van der Waals surface area contributed by atoms with Crippen LogP contribution in [0, 0.1) is 10.8 Å². The van der Waals surface area contributed by atoms with Gasteiger partial charge >= 0.3 is 0 Å². The van der Waals surface area contributed by atoms with Crippen molar-refractivity contribution in [2.24, 2.45) is 10.8 Å². The van der Waals surface area contributed by atoms with Crippen LogP contribution in [0.1, 0.15) is 61.3 Å². The van der Waals surface area contributed by atoms with Gasteiger partial charge in [0.15, 0.2) is 0 Å². The second-order valence-corrected chi connectivity index (χ2v) is 7.87. The summed E-state index contributed by atoms with van der Waals surface area (Å²) in [7, 11) is 0. The van der Waals surface area contributed by atoms with Gasteiger partial charge in [0.05, 0.1) is 41.5 Å². The van der Waals surface area contributed by atoms with Gasteiger partial charge < -0.3 is 4.74 Å². The molecule has 0 heterocycles. The van der Waals surface area contributed by atoms with Gasteiger partial charge in [0.2, 0.25) is 5.91 Å². The third-order valence-corrected chi connectivity index (χ3v) is 3.91. The lowest BCUT2D eigenvalue weighted by molar-refractivity contribution is -0.135. The average molecular weight is 369 g/mol. The van der Waals surface area contributed by atoms with E-state index in [2.05, 4.69) is 52.0 Å². The summed E-state index contributed by atoms with van der Waals surface area (Å²) in [5, 5.41) is 0. The minimum atomic E-state index is -0.225. The zero-order valence-electron chi connectivity index (χ0n) is 12.8. The minimum absolute atomic E-state index is 0.0163. The van der Waals surface area contributed by atoms with Crippen LogP contribution in [0.25, 0.3) is 0 Å². The predicted molar refractivity (Wildman–Crippen MR) is 84.7 cm³/mol. The third kappa shape index (κ3) is 6.36. The number of amides is 1. The Morgan fingerprint density at radius 3 is 1.94 bits per heavy atom. The monoisotopic (exact) mass is 369 g/mol. The van der Waals surface area contributed by atoms with E-state index in [0.717, 1.165) is 6.42 Å². The van der Waals surface area contributed by atoms with E-state index in [4.69, 9.17) is 4.74 Å². The molecular formula is C14H28INO2. The lowest BCUT2D eigenvalue weighted by atomic mass is 9.69. The van der Waals surface area contributed by atoms with Crippen LogP contribution in [0.4, 0.5) is 0 Å². The molecule has 1 N–H and O–H groups in total. The average Bonchev–Trinajstić information content (AvgIpc) is 2.12. The van der Waals surface area contributed by atoms with Gasteiger partial charge in [-0.25, -0.2) is 0 Å². The highest BCUT2D eigenvalue weighted by molar-refractivity contribution is 14.1. The van der Waals surface area contributed by atoms with Crippen molar-refractivity contribution >= 4 is 28.8 Å². The van der Waals surface area contributed by atoms with E-state index in [0.29, 0.717) is 13.0 Å².